The summed E-state index contributed by atoms with van der Waals surface area (Å²) < 4.78 is 95.7. The largest absolute Gasteiger partial charge is 0.374 e. The van der Waals surface area contributed by atoms with Crippen LogP contribution in [0.1, 0.15) is 82.0 Å². The van der Waals surface area contributed by atoms with Gasteiger partial charge in [0.2, 0.25) is 0 Å². The zero-order valence-electron chi connectivity index (χ0n) is 74.4. The van der Waals surface area contributed by atoms with Gasteiger partial charge in [-0.2, -0.15) is 0 Å². The maximum atomic E-state index is 12.3. The Morgan fingerprint density at radius 1 is 0.269 bits per heavy atom. The van der Waals surface area contributed by atoms with Gasteiger partial charge in [-0.25, -0.2) is 20.5 Å². The van der Waals surface area contributed by atoms with Crippen molar-refractivity contribution in [3.8, 4) is 0 Å². The molecule has 15 atom stereocenters. The second-order valence-corrected chi connectivity index (χ2v) is 31.8. The molecule has 14 rings (SSSR count). The maximum absolute atomic E-state index is 12.3. The highest BCUT2D eigenvalue weighted by molar-refractivity contribution is 5.73. The normalized spacial score (nSPS) is 20.5. The van der Waals surface area contributed by atoms with Crippen LogP contribution in [0.25, 0.3) is 0 Å². The van der Waals surface area contributed by atoms with Gasteiger partial charge in [-0.1, -0.05) is 334 Å². The molecule has 24 nitrogen and oxygen atoms in total. The van der Waals surface area contributed by atoms with Crippen LogP contribution in [0.4, 0.5) is 9.59 Å². The van der Waals surface area contributed by atoms with Crippen LogP contribution in [-0.4, -0.2) is 163 Å². The first kappa shape index (κ1) is 98.3. The van der Waals surface area contributed by atoms with Crippen molar-refractivity contribution in [3.05, 3.63) is 395 Å². The highest BCUT2D eigenvalue weighted by Crippen LogP contribution is 2.35. The number of carbonyl (C=O) groups excluding carboxylic acids is 2. The molecule has 688 valence electrons. The Morgan fingerprint density at radius 3 is 0.708 bits per heavy atom. The zero-order valence-corrected chi connectivity index (χ0v) is 74.4. The summed E-state index contributed by atoms with van der Waals surface area (Å²) >= 11 is 0. The molecule has 11 aromatic carbocycles. The van der Waals surface area contributed by atoms with Gasteiger partial charge in [0.15, 0.2) is 0 Å². The molecule has 3 fully saturated rings. The molecule has 3 aliphatic heterocycles. The van der Waals surface area contributed by atoms with Crippen molar-refractivity contribution in [1.29, 1.82) is 0 Å². The van der Waals surface area contributed by atoms with E-state index in [0.717, 1.165) is 61.2 Å². The minimum Gasteiger partial charge on any atom is -0.374 e. The van der Waals surface area contributed by atoms with E-state index in [4.69, 9.17) is 86.5 Å². The standard InChI is InChI=1S/2C38H44N2O7.C30H37NO5/c2*1-29-35(43-23-22-39-38(41)40-46-27-33-20-12-5-13-21-33)37(45-26-32-18-10-4-11-19-32)36(47-29)34(44-25-31-16-8-3-9-17-31)28-42-24-30-14-6-2-7-15-30;1-23-28(33-18-17-31)30(35-21-26-15-9-4-10-16-26)29(36-23)27(34-20-25-13-7-3-8-14-25)22-32-19-24-11-5-2-6-12-24/h2*2-21,29,34-37H,22-28H2,1H3,(H2,39,40,41);2-16,23,27-30H,17-22,31H2,1H3/t2*29?,34-,35+,36+,37-;23?,27-,28+,29+,30-/m111/s1. The second kappa shape index (κ2) is 56.7. The number of nitrogens with two attached hydrogens (primary N) is 1. The minimum absolute atomic E-state index is 0.167. The van der Waals surface area contributed by atoms with Gasteiger partial charge in [0.05, 0.1) is 131 Å². The summed E-state index contributed by atoms with van der Waals surface area (Å²) in [7, 11) is 0. The first-order valence-corrected chi connectivity index (χ1v) is 44.7. The number of hydroxylamine groups is 2. The molecule has 0 bridgehead atoms. The van der Waals surface area contributed by atoms with Crippen molar-refractivity contribution < 1.29 is 90.3 Å². The molecule has 11 aromatic rings. The molecule has 6 N–H and O–H groups in total. The lowest BCUT2D eigenvalue weighted by Gasteiger charge is -2.29. The fourth-order valence-electron chi connectivity index (χ4n) is 15.2. The quantitative estimate of drug-likeness (QED) is 0.0175. The van der Waals surface area contributed by atoms with Crippen molar-refractivity contribution in [2.75, 3.05) is 59.3 Å². The number of benzene rings is 11. The van der Waals surface area contributed by atoms with Crippen LogP contribution < -0.4 is 27.3 Å². The van der Waals surface area contributed by atoms with E-state index in [2.05, 4.69) is 58.0 Å². The lowest BCUT2D eigenvalue weighted by Crippen LogP contribution is -2.45. The number of nitrogens with one attached hydrogen (secondary N) is 4. The summed E-state index contributed by atoms with van der Waals surface area (Å²) in [6, 6.07) is 109. The molecule has 0 saturated carbocycles. The number of ether oxygens (including phenoxy) is 15. The average molecular weight is 1770 g/mol. The van der Waals surface area contributed by atoms with E-state index >= 15 is 0 Å². The monoisotopic (exact) mass is 1770 g/mol. The van der Waals surface area contributed by atoms with E-state index in [0.29, 0.717) is 92.4 Å². The summed E-state index contributed by atoms with van der Waals surface area (Å²) in [6.45, 7) is 13.3. The van der Waals surface area contributed by atoms with Gasteiger partial charge in [0, 0.05) is 19.6 Å². The zero-order chi connectivity index (χ0) is 90.0. The highest BCUT2D eigenvalue weighted by atomic mass is 16.7. The molecule has 0 aromatic heterocycles. The van der Waals surface area contributed by atoms with E-state index in [1.807, 2.05) is 318 Å². The fourth-order valence-corrected chi connectivity index (χ4v) is 15.2. The summed E-state index contributed by atoms with van der Waals surface area (Å²) in [4.78, 5) is 35.2. The van der Waals surface area contributed by atoms with Gasteiger partial charge in [0.25, 0.3) is 0 Å². The highest BCUT2D eigenvalue weighted by Gasteiger charge is 2.51. The van der Waals surface area contributed by atoms with Crippen molar-refractivity contribution in [1.82, 2.24) is 21.6 Å². The van der Waals surface area contributed by atoms with Crippen LogP contribution in [0.3, 0.4) is 0 Å². The number of hydrogen-bond acceptors (Lipinski definition) is 20. The van der Waals surface area contributed by atoms with Crippen molar-refractivity contribution in [3.63, 3.8) is 0 Å². The fraction of sp³-hybridized carbons (Fsp3) is 0.358. The number of amides is 4. The van der Waals surface area contributed by atoms with Crippen molar-refractivity contribution >= 4 is 12.1 Å². The van der Waals surface area contributed by atoms with Crippen molar-refractivity contribution in [2.45, 2.75) is 185 Å². The van der Waals surface area contributed by atoms with Crippen LogP contribution in [0.2, 0.25) is 0 Å². The minimum atomic E-state index is -0.458. The van der Waals surface area contributed by atoms with E-state index in [9.17, 15) is 9.59 Å². The SMILES string of the molecule is CC1O[C@@H]([C@@H](COCc2ccccc2)OCc2ccccc2)[C@H](OCc2ccccc2)[C@H]1OCCN.CC1O[C@@H]([C@@H](COCc2ccccc2)OCc2ccccc2)[C@H](OCc2ccccc2)[C@H]1OCCNC(=O)NOCc1ccccc1.CC1O[C@@H]([C@@H](COCc2ccccc2)OCc2ccccc2)[C@H](OCc2ccccc2)[C@H]1OCCNC(=O)NOCc1ccccc1. The number of carbonyl (C=O) groups is 2. The van der Waals surface area contributed by atoms with E-state index in [-0.39, 0.29) is 82.2 Å². The molecule has 24 heteroatoms. The molecule has 3 saturated heterocycles. The maximum Gasteiger partial charge on any atom is 0.338 e. The molecule has 4 amide bonds. The molecule has 0 radical (unpaired) electrons. The molecule has 3 heterocycles. The number of urea groups is 2. The topological polar surface area (TPSA) is 265 Å². The van der Waals surface area contributed by atoms with Crippen molar-refractivity contribution in [2.24, 2.45) is 5.73 Å². The van der Waals surface area contributed by atoms with E-state index in [1.54, 1.807) is 0 Å². The summed E-state index contributed by atoms with van der Waals surface area (Å²) in [6.07, 6.45) is -5.50. The Labute approximate surface area is 764 Å². The lowest BCUT2D eigenvalue weighted by atomic mass is 10.0. The first-order chi connectivity index (χ1) is 64.0. The molecular weight excluding hydrogens is 1650 g/mol. The van der Waals surface area contributed by atoms with Crippen LogP contribution in [-0.2, 0) is 153 Å². The molecule has 130 heavy (non-hydrogen) atoms. The Morgan fingerprint density at radius 2 is 0.477 bits per heavy atom. The van der Waals surface area contributed by atoms with Gasteiger partial charge in [-0.15, -0.1) is 0 Å². The van der Waals surface area contributed by atoms with Crippen LogP contribution >= 0.6 is 0 Å². The molecule has 3 aliphatic rings. The van der Waals surface area contributed by atoms with Crippen LogP contribution in [0.5, 0.6) is 0 Å². The van der Waals surface area contributed by atoms with Gasteiger partial charge < -0.3 is 87.4 Å². The third kappa shape index (κ3) is 34.2. The third-order valence-corrected chi connectivity index (χ3v) is 21.8. The van der Waals surface area contributed by atoms with Crippen LogP contribution in [0, 0.1) is 0 Å². The Bertz CT molecular complexity index is 4580. The van der Waals surface area contributed by atoms with E-state index < -0.39 is 60.9 Å². The smallest absolute Gasteiger partial charge is 0.338 e. The number of hydrogen-bond donors (Lipinski definition) is 5. The molecule has 0 aliphatic carbocycles. The van der Waals surface area contributed by atoms with Gasteiger partial charge in [-0.05, 0) is 82.0 Å². The number of rotatable bonds is 50. The Kier molecular flexibility index (Phi) is 42.9. The molecule has 3 unspecified atom stereocenters. The van der Waals surface area contributed by atoms with Crippen LogP contribution in [0.15, 0.2) is 334 Å². The first-order valence-electron chi connectivity index (χ1n) is 44.7. The summed E-state index contributed by atoms with van der Waals surface area (Å²) in [5.41, 5.74) is 22.1. The Hall–Kier alpha value is -10.8. The Balaban J connectivity index is 0.000000178. The second-order valence-electron chi connectivity index (χ2n) is 31.8. The van der Waals surface area contributed by atoms with Gasteiger partial charge in [0.1, 0.15) is 73.2 Å². The summed E-state index contributed by atoms with van der Waals surface area (Å²) in [5, 5.41) is 5.54. The molecular formula is C106H125N5O19. The predicted octanol–water partition coefficient (Wildman–Crippen LogP) is 16.5. The lowest BCUT2D eigenvalue weighted by molar-refractivity contribution is -0.140. The third-order valence-electron chi connectivity index (χ3n) is 21.8. The predicted molar refractivity (Wildman–Crippen MR) is 495 cm³/mol. The summed E-state index contributed by atoms with van der Waals surface area (Å²) in [5.74, 6) is 0. The van der Waals surface area contributed by atoms with Gasteiger partial charge >= 0.3 is 12.1 Å². The van der Waals surface area contributed by atoms with Gasteiger partial charge in [-0.3, -0.25) is 9.68 Å². The average Bonchev–Trinajstić information content (AvgIpc) is 1.67. The molecule has 0 spiro atoms. The van der Waals surface area contributed by atoms with E-state index in [1.165, 1.54) is 0 Å².